The topological polar surface area (TPSA) is 67.1 Å². The van der Waals surface area contributed by atoms with E-state index in [0.717, 1.165) is 48.2 Å². The molecule has 0 atom stereocenters. The third-order valence-corrected chi connectivity index (χ3v) is 3.90. The Balaban J connectivity index is 0.00000312. The summed E-state index contributed by atoms with van der Waals surface area (Å²) in [5, 5.41) is 14.6. The summed E-state index contributed by atoms with van der Waals surface area (Å²) in [5.41, 5.74) is 2.09. The standard InChI is InChI=1S/C17H25FN6.HI/c1-5-19-17(21-11-16-23-22-13(3)24(16)4)20-9-8-14-6-7-15(18)10-12(14)2;/h6-7,10H,5,8-9,11H2,1-4H3,(H2,19,20,21);1H. The van der Waals surface area contributed by atoms with E-state index in [1.54, 1.807) is 6.07 Å². The molecule has 0 aliphatic carbocycles. The molecule has 2 rings (SSSR count). The van der Waals surface area contributed by atoms with Gasteiger partial charge in [-0.1, -0.05) is 6.07 Å². The molecule has 0 aliphatic rings. The first-order chi connectivity index (χ1) is 11.5. The maximum Gasteiger partial charge on any atom is 0.191 e. The summed E-state index contributed by atoms with van der Waals surface area (Å²) in [6.07, 6.45) is 0.805. The number of nitrogens with one attached hydrogen (secondary N) is 2. The van der Waals surface area contributed by atoms with Gasteiger partial charge in [0, 0.05) is 20.1 Å². The zero-order valence-electron chi connectivity index (χ0n) is 15.1. The van der Waals surface area contributed by atoms with Crippen LogP contribution in [0.3, 0.4) is 0 Å². The Kier molecular flexibility index (Phi) is 8.81. The summed E-state index contributed by atoms with van der Waals surface area (Å²) in [6.45, 7) is 7.81. The number of hydrogen-bond acceptors (Lipinski definition) is 3. The van der Waals surface area contributed by atoms with Crippen molar-refractivity contribution in [3.63, 3.8) is 0 Å². The molecule has 2 aromatic rings. The van der Waals surface area contributed by atoms with Crippen LogP contribution in [-0.4, -0.2) is 33.8 Å². The molecule has 6 nitrogen and oxygen atoms in total. The summed E-state index contributed by atoms with van der Waals surface area (Å²) in [5.74, 6) is 2.22. The number of aliphatic imine (C=N–C) groups is 1. The average molecular weight is 460 g/mol. The summed E-state index contributed by atoms with van der Waals surface area (Å²) >= 11 is 0. The van der Waals surface area contributed by atoms with E-state index in [0.29, 0.717) is 6.54 Å². The first kappa shape index (κ1) is 21.3. The molecule has 0 unspecified atom stereocenters. The van der Waals surface area contributed by atoms with Crippen LogP contribution in [0, 0.1) is 19.7 Å². The lowest BCUT2D eigenvalue weighted by molar-refractivity contribution is 0.625. The molecule has 0 saturated carbocycles. The van der Waals surface area contributed by atoms with Crippen molar-refractivity contribution in [1.82, 2.24) is 25.4 Å². The molecule has 1 aromatic heterocycles. The number of halogens is 2. The van der Waals surface area contributed by atoms with Gasteiger partial charge in [0.2, 0.25) is 0 Å². The summed E-state index contributed by atoms with van der Waals surface area (Å²) in [7, 11) is 1.93. The molecule has 1 heterocycles. The summed E-state index contributed by atoms with van der Waals surface area (Å²) < 4.78 is 15.1. The fourth-order valence-electron chi connectivity index (χ4n) is 2.34. The minimum atomic E-state index is -0.196. The van der Waals surface area contributed by atoms with Crippen LogP contribution in [0.4, 0.5) is 4.39 Å². The van der Waals surface area contributed by atoms with Crippen molar-refractivity contribution in [2.24, 2.45) is 12.0 Å². The molecular formula is C17H26FIN6. The second-order valence-electron chi connectivity index (χ2n) is 5.67. The van der Waals surface area contributed by atoms with Gasteiger partial charge in [-0.15, -0.1) is 34.2 Å². The van der Waals surface area contributed by atoms with E-state index in [2.05, 4.69) is 25.8 Å². The van der Waals surface area contributed by atoms with E-state index < -0.39 is 0 Å². The van der Waals surface area contributed by atoms with E-state index in [-0.39, 0.29) is 29.8 Å². The zero-order valence-corrected chi connectivity index (χ0v) is 17.5. The summed E-state index contributed by atoms with van der Waals surface area (Å²) in [6, 6.07) is 4.89. The molecule has 0 saturated heterocycles. The summed E-state index contributed by atoms with van der Waals surface area (Å²) in [4.78, 5) is 4.54. The van der Waals surface area contributed by atoms with Gasteiger partial charge in [-0.25, -0.2) is 9.38 Å². The molecule has 0 bridgehead atoms. The molecule has 0 aliphatic heterocycles. The molecule has 25 heavy (non-hydrogen) atoms. The minimum absolute atomic E-state index is 0. The largest absolute Gasteiger partial charge is 0.357 e. The van der Waals surface area contributed by atoms with E-state index in [9.17, 15) is 4.39 Å². The number of aryl methyl sites for hydroxylation is 2. The van der Waals surface area contributed by atoms with Crippen molar-refractivity contribution in [2.75, 3.05) is 13.1 Å². The van der Waals surface area contributed by atoms with Crippen LogP contribution in [-0.2, 0) is 20.0 Å². The van der Waals surface area contributed by atoms with Gasteiger partial charge >= 0.3 is 0 Å². The van der Waals surface area contributed by atoms with Crippen LogP contribution in [0.25, 0.3) is 0 Å². The average Bonchev–Trinajstić information content (AvgIpc) is 2.86. The van der Waals surface area contributed by atoms with E-state index in [1.165, 1.54) is 6.07 Å². The predicted molar refractivity (Wildman–Crippen MR) is 109 cm³/mol. The Morgan fingerprint density at radius 1 is 1.24 bits per heavy atom. The molecular weight excluding hydrogens is 434 g/mol. The lowest BCUT2D eigenvalue weighted by atomic mass is 10.1. The number of benzene rings is 1. The van der Waals surface area contributed by atoms with Crippen LogP contribution < -0.4 is 10.6 Å². The van der Waals surface area contributed by atoms with Crippen molar-refractivity contribution in [2.45, 2.75) is 33.7 Å². The number of guanidine groups is 1. The lowest BCUT2D eigenvalue weighted by Crippen LogP contribution is -2.38. The number of nitrogens with zero attached hydrogens (tertiary/aromatic N) is 4. The Labute approximate surface area is 165 Å². The second-order valence-corrected chi connectivity index (χ2v) is 5.67. The SMILES string of the molecule is CCNC(=NCc1nnc(C)n1C)NCCc1ccc(F)cc1C.I. The fourth-order valence-corrected chi connectivity index (χ4v) is 2.34. The van der Waals surface area contributed by atoms with Crippen molar-refractivity contribution in [1.29, 1.82) is 0 Å². The zero-order chi connectivity index (χ0) is 17.5. The number of rotatable bonds is 6. The van der Waals surface area contributed by atoms with Gasteiger partial charge in [0.25, 0.3) is 0 Å². The van der Waals surface area contributed by atoms with E-state index >= 15 is 0 Å². The van der Waals surface area contributed by atoms with Crippen molar-refractivity contribution >= 4 is 29.9 Å². The molecule has 8 heteroatoms. The van der Waals surface area contributed by atoms with Gasteiger partial charge in [0.05, 0.1) is 0 Å². The van der Waals surface area contributed by atoms with Crippen LogP contribution >= 0.6 is 24.0 Å². The van der Waals surface area contributed by atoms with Crippen LogP contribution in [0.15, 0.2) is 23.2 Å². The number of aromatic nitrogens is 3. The van der Waals surface area contributed by atoms with Gasteiger partial charge in [0.1, 0.15) is 18.2 Å². The lowest BCUT2D eigenvalue weighted by Gasteiger charge is -2.12. The van der Waals surface area contributed by atoms with Crippen LogP contribution in [0.2, 0.25) is 0 Å². The molecule has 138 valence electrons. The monoisotopic (exact) mass is 460 g/mol. The maximum absolute atomic E-state index is 13.1. The normalized spacial score (nSPS) is 11.2. The van der Waals surface area contributed by atoms with Crippen molar-refractivity contribution < 1.29 is 4.39 Å². The molecule has 0 fully saturated rings. The molecule has 1 aromatic carbocycles. The van der Waals surface area contributed by atoms with Gasteiger partial charge < -0.3 is 15.2 Å². The first-order valence-corrected chi connectivity index (χ1v) is 8.13. The van der Waals surface area contributed by atoms with Crippen molar-refractivity contribution in [3.8, 4) is 0 Å². The smallest absolute Gasteiger partial charge is 0.191 e. The van der Waals surface area contributed by atoms with E-state index in [4.69, 9.17) is 0 Å². The predicted octanol–water partition coefficient (Wildman–Crippen LogP) is 2.49. The van der Waals surface area contributed by atoms with Crippen LogP contribution in [0.1, 0.15) is 29.7 Å². The van der Waals surface area contributed by atoms with Crippen molar-refractivity contribution in [3.05, 3.63) is 46.8 Å². The van der Waals surface area contributed by atoms with Gasteiger partial charge in [0.15, 0.2) is 11.8 Å². The third kappa shape index (κ3) is 6.26. The highest BCUT2D eigenvalue weighted by atomic mass is 127. The third-order valence-electron chi connectivity index (χ3n) is 3.90. The Hall–Kier alpha value is -1.71. The highest BCUT2D eigenvalue weighted by Gasteiger charge is 2.05. The highest BCUT2D eigenvalue weighted by Crippen LogP contribution is 2.10. The Morgan fingerprint density at radius 2 is 2.00 bits per heavy atom. The van der Waals surface area contributed by atoms with Gasteiger partial charge in [-0.05, 0) is 50.5 Å². The highest BCUT2D eigenvalue weighted by molar-refractivity contribution is 14.0. The molecule has 0 spiro atoms. The molecule has 0 radical (unpaired) electrons. The minimum Gasteiger partial charge on any atom is -0.357 e. The molecule has 2 N–H and O–H groups in total. The maximum atomic E-state index is 13.1. The quantitative estimate of drug-likeness (QED) is 0.395. The second kappa shape index (κ2) is 10.3. The van der Waals surface area contributed by atoms with Gasteiger partial charge in [-0.2, -0.15) is 0 Å². The van der Waals surface area contributed by atoms with Gasteiger partial charge in [-0.3, -0.25) is 0 Å². The fraction of sp³-hybridized carbons (Fsp3) is 0.471. The number of hydrogen-bond donors (Lipinski definition) is 2. The van der Waals surface area contributed by atoms with Crippen LogP contribution in [0.5, 0.6) is 0 Å². The first-order valence-electron chi connectivity index (χ1n) is 8.13. The van der Waals surface area contributed by atoms with E-state index in [1.807, 2.05) is 38.5 Å². The molecule has 0 amide bonds. The Morgan fingerprint density at radius 3 is 2.60 bits per heavy atom. The Bertz CT molecular complexity index is 713.